The highest BCUT2D eigenvalue weighted by Crippen LogP contribution is 2.32. The second-order valence-corrected chi connectivity index (χ2v) is 10.2. The number of benzene rings is 2. The van der Waals surface area contributed by atoms with Gasteiger partial charge in [0.25, 0.3) is 5.91 Å². The number of hydrogen-bond acceptors (Lipinski definition) is 5. The molecule has 1 atom stereocenters. The van der Waals surface area contributed by atoms with E-state index in [-0.39, 0.29) is 17.6 Å². The van der Waals surface area contributed by atoms with E-state index in [1.807, 2.05) is 43.0 Å². The first-order valence-electron chi connectivity index (χ1n) is 13.5. The SMILES string of the molecule is CCC[C@H](C)c1nc(N2CCCN(C(=O)c3ccccc3C)CC2)c2c(C)nn(-c3ccc(F)cc3)c2n1. The van der Waals surface area contributed by atoms with Crippen LogP contribution < -0.4 is 4.90 Å². The van der Waals surface area contributed by atoms with Crippen LogP contribution in [0.2, 0.25) is 0 Å². The molecule has 8 heteroatoms. The van der Waals surface area contributed by atoms with E-state index in [1.165, 1.54) is 12.1 Å². The summed E-state index contributed by atoms with van der Waals surface area (Å²) in [7, 11) is 0. The Morgan fingerprint density at radius 2 is 1.76 bits per heavy atom. The number of carbonyl (C=O) groups excluding carboxylic acids is 1. The van der Waals surface area contributed by atoms with Crippen LogP contribution in [0.15, 0.2) is 48.5 Å². The predicted octanol–water partition coefficient (Wildman–Crippen LogP) is 5.83. The van der Waals surface area contributed by atoms with Gasteiger partial charge in [0, 0.05) is 37.7 Å². The van der Waals surface area contributed by atoms with Crippen molar-refractivity contribution in [2.75, 3.05) is 31.1 Å². The summed E-state index contributed by atoms with van der Waals surface area (Å²) < 4.78 is 15.4. The van der Waals surface area contributed by atoms with Crippen LogP contribution in [0, 0.1) is 19.7 Å². The number of fused-ring (bicyclic) bond motifs is 1. The highest BCUT2D eigenvalue weighted by molar-refractivity contribution is 5.96. The predicted molar refractivity (Wildman–Crippen MR) is 149 cm³/mol. The van der Waals surface area contributed by atoms with Crippen molar-refractivity contribution in [3.63, 3.8) is 0 Å². The van der Waals surface area contributed by atoms with E-state index in [0.29, 0.717) is 19.6 Å². The van der Waals surface area contributed by atoms with E-state index in [0.717, 1.165) is 71.0 Å². The van der Waals surface area contributed by atoms with Gasteiger partial charge >= 0.3 is 0 Å². The zero-order valence-corrected chi connectivity index (χ0v) is 22.6. The molecule has 1 aliphatic heterocycles. The summed E-state index contributed by atoms with van der Waals surface area (Å²) in [5.74, 6) is 1.63. The molecule has 4 aromatic rings. The minimum absolute atomic E-state index is 0.0790. The Morgan fingerprint density at radius 3 is 2.50 bits per heavy atom. The van der Waals surface area contributed by atoms with Gasteiger partial charge in [0.2, 0.25) is 0 Å². The fraction of sp³-hybridized carbons (Fsp3) is 0.400. The minimum atomic E-state index is -0.288. The average molecular weight is 515 g/mol. The number of rotatable bonds is 6. The van der Waals surface area contributed by atoms with Crippen molar-refractivity contribution in [1.29, 1.82) is 0 Å². The molecule has 1 fully saturated rings. The van der Waals surface area contributed by atoms with Crippen molar-refractivity contribution in [3.8, 4) is 5.69 Å². The van der Waals surface area contributed by atoms with E-state index in [4.69, 9.17) is 15.1 Å². The maximum atomic E-state index is 13.7. The number of aromatic nitrogens is 4. The first kappa shape index (κ1) is 25.8. The molecule has 2 aromatic carbocycles. The highest BCUT2D eigenvalue weighted by atomic mass is 19.1. The maximum absolute atomic E-state index is 13.7. The Morgan fingerprint density at radius 1 is 1.00 bits per heavy atom. The second-order valence-electron chi connectivity index (χ2n) is 10.2. The maximum Gasteiger partial charge on any atom is 0.254 e. The van der Waals surface area contributed by atoms with Gasteiger partial charge in [-0.2, -0.15) is 5.10 Å². The van der Waals surface area contributed by atoms with Gasteiger partial charge in [-0.15, -0.1) is 0 Å². The first-order chi connectivity index (χ1) is 18.4. The van der Waals surface area contributed by atoms with E-state index in [2.05, 4.69) is 18.7 Å². The van der Waals surface area contributed by atoms with Crippen LogP contribution in [0.3, 0.4) is 0 Å². The molecule has 5 rings (SSSR count). The van der Waals surface area contributed by atoms with Crippen LogP contribution >= 0.6 is 0 Å². The van der Waals surface area contributed by atoms with E-state index in [1.54, 1.807) is 16.8 Å². The third kappa shape index (κ3) is 4.99. The summed E-state index contributed by atoms with van der Waals surface area (Å²) >= 11 is 0. The van der Waals surface area contributed by atoms with Gasteiger partial charge in [0.1, 0.15) is 17.5 Å². The van der Waals surface area contributed by atoms with Gasteiger partial charge in [-0.1, -0.05) is 38.5 Å². The lowest BCUT2D eigenvalue weighted by molar-refractivity contribution is 0.0766. The average Bonchev–Trinajstić information content (AvgIpc) is 3.08. The monoisotopic (exact) mass is 514 g/mol. The number of hydrogen-bond donors (Lipinski definition) is 0. The summed E-state index contributed by atoms with van der Waals surface area (Å²) in [6.45, 7) is 11.0. The fourth-order valence-corrected chi connectivity index (χ4v) is 5.27. The second kappa shape index (κ2) is 10.9. The third-order valence-corrected chi connectivity index (χ3v) is 7.39. The van der Waals surface area contributed by atoms with Crippen LogP contribution in [-0.2, 0) is 0 Å². The number of amides is 1. The molecule has 2 aromatic heterocycles. The van der Waals surface area contributed by atoms with Crippen LogP contribution in [0.1, 0.15) is 66.5 Å². The number of anilines is 1. The summed E-state index contributed by atoms with van der Waals surface area (Å²) in [5.41, 5.74) is 4.07. The van der Waals surface area contributed by atoms with E-state index < -0.39 is 0 Å². The van der Waals surface area contributed by atoms with Crippen molar-refractivity contribution in [1.82, 2.24) is 24.6 Å². The standard InChI is InChI=1S/C30H35FN6O/c1-5-9-21(3)27-32-28(26-22(4)34-37(29(26)33-27)24-14-12-23(31)13-15-24)35-16-8-17-36(19-18-35)30(38)25-11-7-6-10-20(25)2/h6-7,10-15,21H,5,8-9,16-19H2,1-4H3/t21-/m0/s1. The van der Waals surface area contributed by atoms with Gasteiger partial charge in [-0.05, 0) is 62.6 Å². The number of carbonyl (C=O) groups is 1. The molecule has 0 unspecified atom stereocenters. The number of aryl methyl sites for hydroxylation is 2. The minimum Gasteiger partial charge on any atom is -0.354 e. The molecule has 1 aliphatic rings. The molecule has 7 nitrogen and oxygen atoms in total. The lowest BCUT2D eigenvalue weighted by Gasteiger charge is -2.25. The molecular weight excluding hydrogens is 479 g/mol. The molecular formula is C30H35FN6O. The van der Waals surface area contributed by atoms with E-state index in [9.17, 15) is 9.18 Å². The van der Waals surface area contributed by atoms with Gasteiger partial charge in [0.15, 0.2) is 5.65 Å². The summed E-state index contributed by atoms with van der Waals surface area (Å²) in [4.78, 5) is 27.7. The smallest absolute Gasteiger partial charge is 0.254 e. The summed E-state index contributed by atoms with van der Waals surface area (Å²) in [6, 6.07) is 14.1. The Bertz CT molecular complexity index is 1450. The Kier molecular flexibility index (Phi) is 7.40. The van der Waals surface area contributed by atoms with E-state index >= 15 is 0 Å². The van der Waals surface area contributed by atoms with Crippen molar-refractivity contribution < 1.29 is 9.18 Å². The topological polar surface area (TPSA) is 67.2 Å². The summed E-state index contributed by atoms with van der Waals surface area (Å²) in [5, 5.41) is 5.71. The quantitative estimate of drug-likeness (QED) is 0.324. The van der Waals surface area contributed by atoms with Crippen LogP contribution in [-0.4, -0.2) is 56.7 Å². The van der Waals surface area contributed by atoms with Crippen molar-refractivity contribution in [2.45, 2.75) is 52.9 Å². The lowest BCUT2D eigenvalue weighted by Crippen LogP contribution is -2.35. The van der Waals surface area contributed by atoms with Gasteiger partial charge in [-0.3, -0.25) is 4.79 Å². The van der Waals surface area contributed by atoms with Gasteiger partial charge in [-0.25, -0.2) is 19.0 Å². The van der Waals surface area contributed by atoms with Crippen molar-refractivity contribution in [2.24, 2.45) is 0 Å². The van der Waals surface area contributed by atoms with Crippen molar-refractivity contribution >= 4 is 22.8 Å². The molecule has 3 heterocycles. The van der Waals surface area contributed by atoms with Crippen molar-refractivity contribution in [3.05, 3.63) is 77.0 Å². The van der Waals surface area contributed by atoms with Gasteiger partial charge < -0.3 is 9.80 Å². The number of halogens is 1. The molecule has 0 bridgehead atoms. The Labute approximate surface area is 223 Å². The largest absolute Gasteiger partial charge is 0.354 e. The molecule has 0 saturated carbocycles. The Balaban J connectivity index is 1.53. The highest BCUT2D eigenvalue weighted by Gasteiger charge is 2.26. The molecule has 0 spiro atoms. The molecule has 1 saturated heterocycles. The Hall–Kier alpha value is -3.81. The number of nitrogens with zero attached hydrogens (tertiary/aromatic N) is 6. The normalized spacial score (nSPS) is 15.1. The first-order valence-corrected chi connectivity index (χ1v) is 13.5. The van der Waals surface area contributed by atoms with Gasteiger partial charge in [0.05, 0.1) is 16.8 Å². The zero-order valence-electron chi connectivity index (χ0n) is 22.6. The molecule has 1 amide bonds. The fourth-order valence-electron chi connectivity index (χ4n) is 5.27. The van der Waals surface area contributed by atoms with Crippen LogP contribution in [0.25, 0.3) is 16.7 Å². The zero-order chi connectivity index (χ0) is 26.8. The molecule has 0 aliphatic carbocycles. The third-order valence-electron chi connectivity index (χ3n) is 7.39. The summed E-state index contributed by atoms with van der Waals surface area (Å²) in [6.07, 6.45) is 2.86. The van der Waals surface area contributed by atoms with Crippen LogP contribution in [0.5, 0.6) is 0 Å². The molecule has 0 radical (unpaired) electrons. The van der Waals surface area contributed by atoms with Crippen LogP contribution in [0.4, 0.5) is 10.2 Å². The molecule has 198 valence electrons. The lowest BCUT2D eigenvalue weighted by atomic mass is 10.1. The molecule has 0 N–H and O–H groups in total. The molecule has 38 heavy (non-hydrogen) atoms.